The highest BCUT2D eigenvalue weighted by Gasteiger charge is 2.37. The maximum Gasteiger partial charge on any atom is 0.146 e. The van der Waals surface area contributed by atoms with Crippen molar-refractivity contribution in [3.8, 4) is 33.4 Å². The standard InChI is InChI=1S/C48H34N2S/c1-48(2)41-20-12-11-19-37(41)40-30-43(39(29-42(40)48)33-15-7-4-8-16-33)50(35-24-21-32(22-25-35)31-13-5-3-6-14-31)47-45-38-26-23-34-17-9-10-18-36(34)46(38)51-44(45)27-28-49-47/h3-30H,1-2H3. The minimum atomic E-state index is -0.126. The molecule has 10 rings (SSSR count). The Morgan fingerprint density at radius 1 is 0.529 bits per heavy atom. The molecule has 1 aliphatic carbocycles. The Kier molecular flexibility index (Phi) is 6.74. The molecule has 0 atom stereocenters. The van der Waals surface area contributed by atoms with Gasteiger partial charge in [0.05, 0.1) is 5.69 Å². The first-order valence-electron chi connectivity index (χ1n) is 17.5. The number of rotatable bonds is 5. The summed E-state index contributed by atoms with van der Waals surface area (Å²) in [4.78, 5) is 7.69. The summed E-state index contributed by atoms with van der Waals surface area (Å²) in [5, 5.41) is 4.94. The van der Waals surface area contributed by atoms with E-state index in [4.69, 9.17) is 4.98 Å². The van der Waals surface area contributed by atoms with Gasteiger partial charge >= 0.3 is 0 Å². The van der Waals surface area contributed by atoms with E-state index in [-0.39, 0.29) is 5.41 Å². The molecule has 0 N–H and O–H groups in total. The number of thiophene rings is 1. The highest BCUT2D eigenvalue weighted by atomic mass is 32.1. The molecule has 0 saturated heterocycles. The predicted molar refractivity (Wildman–Crippen MR) is 218 cm³/mol. The number of anilines is 3. The molecule has 51 heavy (non-hydrogen) atoms. The second-order valence-electron chi connectivity index (χ2n) is 14.0. The van der Waals surface area contributed by atoms with Crippen molar-refractivity contribution in [1.82, 2.24) is 4.98 Å². The Balaban J connectivity index is 1.30. The lowest BCUT2D eigenvalue weighted by Crippen LogP contribution is -2.17. The highest BCUT2D eigenvalue weighted by molar-refractivity contribution is 7.26. The van der Waals surface area contributed by atoms with Crippen LogP contribution in [0.2, 0.25) is 0 Å². The van der Waals surface area contributed by atoms with E-state index in [0.717, 1.165) is 17.2 Å². The van der Waals surface area contributed by atoms with Crippen molar-refractivity contribution >= 4 is 59.5 Å². The molecule has 0 fully saturated rings. The maximum atomic E-state index is 5.28. The molecule has 0 aliphatic heterocycles. The molecule has 0 radical (unpaired) electrons. The zero-order valence-corrected chi connectivity index (χ0v) is 29.3. The van der Waals surface area contributed by atoms with Gasteiger partial charge in [0.1, 0.15) is 5.82 Å². The van der Waals surface area contributed by atoms with Crippen LogP contribution in [-0.2, 0) is 5.41 Å². The van der Waals surface area contributed by atoms with Crippen molar-refractivity contribution in [2.24, 2.45) is 0 Å². The third-order valence-electron chi connectivity index (χ3n) is 10.7. The fourth-order valence-electron chi connectivity index (χ4n) is 8.18. The first-order chi connectivity index (χ1) is 25.1. The zero-order valence-electron chi connectivity index (χ0n) is 28.5. The maximum absolute atomic E-state index is 5.28. The lowest BCUT2D eigenvalue weighted by molar-refractivity contribution is 0.660. The average molecular weight is 671 g/mol. The lowest BCUT2D eigenvalue weighted by atomic mass is 9.81. The highest BCUT2D eigenvalue weighted by Crippen LogP contribution is 2.54. The van der Waals surface area contributed by atoms with Gasteiger partial charge in [-0.1, -0.05) is 147 Å². The second-order valence-corrected chi connectivity index (χ2v) is 15.0. The molecule has 0 amide bonds. The van der Waals surface area contributed by atoms with Crippen LogP contribution in [0.25, 0.3) is 64.3 Å². The molecule has 9 aromatic rings. The van der Waals surface area contributed by atoms with Gasteiger partial charge in [0.2, 0.25) is 0 Å². The Morgan fingerprint density at radius 3 is 2.02 bits per heavy atom. The van der Waals surface area contributed by atoms with Gasteiger partial charge in [-0.05, 0) is 80.0 Å². The van der Waals surface area contributed by atoms with Crippen LogP contribution in [0.15, 0.2) is 170 Å². The second kappa shape index (κ2) is 11.5. The Hall–Kier alpha value is -6.03. The molecule has 242 valence electrons. The molecule has 3 heteroatoms. The molecule has 2 aromatic heterocycles. The summed E-state index contributed by atoms with van der Waals surface area (Å²) >= 11 is 1.86. The van der Waals surface area contributed by atoms with Crippen LogP contribution in [0.5, 0.6) is 0 Å². The summed E-state index contributed by atoms with van der Waals surface area (Å²) in [7, 11) is 0. The van der Waals surface area contributed by atoms with Crippen LogP contribution in [0.4, 0.5) is 17.2 Å². The smallest absolute Gasteiger partial charge is 0.146 e. The number of hydrogen-bond donors (Lipinski definition) is 0. The summed E-state index contributed by atoms with van der Waals surface area (Å²) in [5.74, 6) is 0.934. The van der Waals surface area contributed by atoms with Crippen LogP contribution in [0, 0.1) is 0 Å². The fraction of sp³-hybridized carbons (Fsp3) is 0.0625. The third-order valence-corrected chi connectivity index (χ3v) is 11.9. The largest absolute Gasteiger partial charge is 0.294 e. The zero-order chi connectivity index (χ0) is 34.1. The first kappa shape index (κ1) is 29.8. The van der Waals surface area contributed by atoms with E-state index in [9.17, 15) is 0 Å². The number of hydrogen-bond acceptors (Lipinski definition) is 3. The van der Waals surface area contributed by atoms with Gasteiger partial charge in [0.15, 0.2) is 0 Å². The van der Waals surface area contributed by atoms with Crippen LogP contribution >= 0.6 is 11.3 Å². The first-order valence-corrected chi connectivity index (χ1v) is 18.4. The molecule has 1 aliphatic rings. The average Bonchev–Trinajstić information content (AvgIpc) is 3.68. The quantitative estimate of drug-likeness (QED) is 0.181. The monoisotopic (exact) mass is 670 g/mol. The van der Waals surface area contributed by atoms with Gasteiger partial charge in [0.25, 0.3) is 0 Å². The molecule has 0 unspecified atom stereocenters. The number of pyridine rings is 1. The predicted octanol–water partition coefficient (Wildman–Crippen LogP) is 13.7. The van der Waals surface area contributed by atoms with E-state index in [2.05, 4.69) is 183 Å². The van der Waals surface area contributed by atoms with Gasteiger partial charge in [-0.25, -0.2) is 4.98 Å². The molecular weight excluding hydrogens is 637 g/mol. The molecule has 0 saturated carbocycles. The Labute approximate surface area is 301 Å². The molecule has 0 bridgehead atoms. The number of benzene rings is 7. The van der Waals surface area contributed by atoms with Crippen molar-refractivity contribution in [3.63, 3.8) is 0 Å². The van der Waals surface area contributed by atoms with Crippen LogP contribution < -0.4 is 4.90 Å². The van der Waals surface area contributed by atoms with E-state index < -0.39 is 0 Å². The van der Waals surface area contributed by atoms with Crippen molar-refractivity contribution < 1.29 is 0 Å². The number of aromatic nitrogens is 1. The summed E-state index contributed by atoms with van der Waals surface area (Å²) in [6, 6.07) is 59.7. The van der Waals surface area contributed by atoms with Crippen molar-refractivity contribution in [2.45, 2.75) is 19.3 Å². The molecule has 7 aromatic carbocycles. The lowest BCUT2D eigenvalue weighted by Gasteiger charge is -2.30. The Bertz CT molecular complexity index is 2760. The van der Waals surface area contributed by atoms with Gasteiger partial charge in [0, 0.05) is 43.0 Å². The summed E-state index contributed by atoms with van der Waals surface area (Å²) in [6.45, 7) is 4.71. The Morgan fingerprint density at radius 2 is 1.22 bits per heavy atom. The van der Waals surface area contributed by atoms with Crippen LogP contribution in [0.1, 0.15) is 25.0 Å². The molecular formula is C48H34N2S. The van der Waals surface area contributed by atoms with Crippen LogP contribution in [0.3, 0.4) is 0 Å². The van der Waals surface area contributed by atoms with Crippen LogP contribution in [-0.4, -0.2) is 4.98 Å². The van der Waals surface area contributed by atoms with Gasteiger partial charge < -0.3 is 0 Å². The van der Waals surface area contributed by atoms with Gasteiger partial charge in [-0.15, -0.1) is 11.3 Å². The summed E-state index contributed by atoms with van der Waals surface area (Å²) in [5.41, 5.74) is 12.1. The van der Waals surface area contributed by atoms with Crippen molar-refractivity contribution in [3.05, 3.63) is 181 Å². The number of nitrogens with zero attached hydrogens (tertiary/aromatic N) is 2. The summed E-state index contributed by atoms with van der Waals surface area (Å²) in [6.07, 6.45) is 1.98. The van der Waals surface area contributed by atoms with Gasteiger partial charge in [-0.3, -0.25) is 4.90 Å². The minimum Gasteiger partial charge on any atom is -0.294 e. The van der Waals surface area contributed by atoms with Crippen molar-refractivity contribution in [2.75, 3.05) is 4.90 Å². The van der Waals surface area contributed by atoms with Crippen molar-refractivity contribution in [1.29, 1.82) is 0 Å². The van der Waals surface area contributed by atoms with E-state index in [1.54, 1.807) is 0 Å². The third kappa shape index (κ3) is 4.66. The van der Waals surface area contributed by atoms with E-state index in [0.29, 0.717) is 0 Å². The van der Waals surface area contributed by atoms with Gasteiger partial charge in [-0.2, -0.15) is 0 Å². The normalized spacial score (nSPS) is 13.1. The fourth-order valence-corrected chi connectivity index (χ4v) is 9.41. The van der Waals surface area contributed by atoms with E-state index in [1.165, 1.54) is 75.5 Å². The molecule has 0 spiro atoms. The number of fused-ring (bicyclic) bond motifs is 8. The summed E-state index contributed by atoms with van der Waals surface area (Å²) < 4.78 is 2.52. The minimum absolute atomic E-state index is 0.126. The molecule has 2 nitrogen and oxygen atoms in total. The topological polar surface area (TPSA) is 16.1 Å². The SMILES string of the molecule is CC1(C)c2ccccc2-c2cc(N(c3ccc(-c4ccccc4)cc3)c3nccc4sc5c6ccccc6ccc5c34)c(-c3ccccc3)cc21. The van der Waals surface area contributed by atoms with E-state index >= 15 is 0 Å². The van der Waals surface area contributed by atoms with E-state index in [1.807, 2.05) is 17.5 Å². The molecule has 2 heterocycles.